The van der Waals surface area contributed by atoms with E-state index in [1.54, 1.807) is 30.6 Å². The smallest absolute Gasteiger partial charge is 0.235 e. The number of anilines is 2. The van der Waals surface area contributed by atoms with E-state index in [0.717, 1.165) is 36.4 Å². The van der Waals surface area contributed by atoms with Gasteiger partial charge in [-0.2, -0.15) is 0 Å². The van der Waals surface area contributed by atoms with Crippen LogP contribution in [0.15, 0.2) is 54.9 Å². The summed E-state index contributed by atoms with van der Waals surface area (Å²) in [4.78, 5) is 30.4. The quantitative estimate of drug-likeness (QED) is 0.432. The second-order valence-corrected chi connectivity index (χ2v) is 10.8. The van der Waals surface area contributed by atoms with Gasteiger partial charge in [-0.15, -0.1) is 0 Å². The van der Waals surface area contributed by atoms with E-state index in [1.807, 2.05) is 17.0 Å². The fraction of sp³-hybridized carbons (Fsp3) is 0.333. The van der Waals surface area contributed by atoms with Crippen molar-refractivity contribution < 1.29 is 13.2 Å². The second kappa shape index (κ2) is 10.3. The number of sulfonamides is 1. The summed E-state index contributed by atoms with van der Waals surface area (Å²) in [6.45, 7) is 3.89. The van der Waals surface area contributed by atoms with Crippen LogP contribution in [0.3, 0.4) is 0 Å². The number of carbonyl (C=O) groups excluding carboxylic acids is 1. The largest absolute Gasteiger partial charge is 0.337 e. The van der Waals surface area contributed by atoms with Crippen LogP contribution in [-0.2, 0) is 27.8 Å². The van der Waals surface area contributed by atoms with Crippen LogP contribution in [0.5, 0.6) is 0 Å². The van der Waals surface area contributed by atoms with Gasteiger partial charge < -0.3 is 10.6 Å². The summed E-state index contributed by atoms with van der Waals surface area (Å²) >= 11 is 0. The molecule has 36 heavy (non-hydrogen) atoms. The first-order valence-corrected chi connectivity index (χ1v) is 13.3. The summed E-state index contributed by atoms with van der Waals surface area (Å²) in [5, 5.41) is 10.0. The molecule has 0 radical (unpaired) electrons. The molecule has 8 bridgehead atoms. The maximum Gasteiger partial charge on any atom is 0.235 e. The highest BCUT2D eigenvalue weighted by Crippen LogP contribution is 2.21. The Morgan fingerprint density at radius 3 is 2.47 bits per heavy atom. The molecule has 4 N–H and O–H groups in total. The Morgan fingerprint density at radius 1 is 0.972 bits per heavy atom. The molecule has 11 nitrogen and oxygen atoms in total. The first kappa shape index (κ1) is 24.3. The van der Waals surface area contributed by atoms with Gasteiger partial charge in [0.05, 0.1) is 12.2 Å². The first-order valence-electron chi connectivity index (χ1n) is 11.7. The molecule has 1 unspecified atom stereocenters. The third-order valence-corrected chi connectivity index (χ3v) is 7.39. The van der Waals surface area contributed by atoms with Crippen molar-refractivity contribution in [3.8, 4) is 11.3 Å². The van der Waals surface area contributed by atoms with Crippen molar-refractivity contribution in [3.63, 3.8) is 0 Å². The maximum atomic E-state index is 12.7. The van der Waals surface area contributed by atoms with E-state index in [4.69, 9.17) is 5.14 Å². The summed E-state index contributed by atoms with van der Waals surface area (Å²) in [6.07, 6.45) is 3.25. The highest BCUT2D eigenvalue weighted by atomic mass is 32.2. The number of pyridine rings is 1. The number of hydrogen-bond acceptors (Lipinski definition) is 9. The van der Waals surface area contributed by atoms with Crippen molar-refractivity contribution in [2.45, 2.75) is 18.3 Å². The summed E-state index contributed by atoms with van der Waals surface area (Å²) in [7, 11) is -4.03. The average Bonchev–Trinajstić information content (AvgIpc) is 2.85. The molecule has 0 saturated carbocycles. The topological polar surface area (TPSA) is 146 Å². The normalized spacial score (nSPS) is 22.8. The zero-order valence-corrected chi connectivity index (χ0v) is 20.5. The standard InChI is InChI=1S/C24H28N8O3S/c25-36(34,35)23-13-19-5-4-18(14-27-19)21-6-7-26-24(29-21)28-20-3-1-2-17(12-20)15-31-8-10-32(11-9-31)16-22(33)30-23/h1-7,12,14,23H,8-11,13,15-16H2,(H,30,33)(H2,25,34,35)(H,26,28,29). The van der Waals surface area contributed by atoms with E-state index in [1.165, 1.54) is 0 Å². The minimum absolute atomic E-state index is 0.0369. The van der Waals surface area contributed by atoms with Crippen LogP contribution in [-0.4, -0.2) is 77.2 Å². The third kappa shape index (κ3) is 6.02. The van der Waals surface area contributed by atoms with Gasteiger partial charge in [-0.3, -0.25) is 19.6 Å². The predicted molar refractivity (Wildman–Crippen MR) is 135 cm³/mol. The van der Waals surface area contributed by atoms with Crippen LogP contribution in [0.4, 0.5) is 11.6 Å². The summed E-state index contributed by atoms with van der Waals surface area (Å²) in [5.74, 6) is 0.0857. The minimum Gasteiger partial charge on any atom is -0.337 e. The lowest BCUT2D eigenvalue weighted by atomic mass is 10.1. The SMILES string of the molecule is NS(=O)(=O)C1Cc2ccc(cn2)-c2ccnc(n2)Nc2cccc(c2)CN2CCN(CC2)CC(=O)N1. The molecule has 3 aromatic rings. The number of aromatic nitrogens is 3. The monoisotopic (exact) mass is 508 g/mol. The molecule has 7 heterocycles. The second-order valence-electron chi connectivity index (χ2n) is 9.03. The van der Waals surface area contributed by atoms with Gasteiger partial charge in [-0.25, -0.2) is 23.5 Å². The number of nitrogens with one attached hydrogen (secondary N) is 2. The fourth-order valence-corrected chi connectivity index (χ4v) is 5.08. The lowest BCUT2D eigenvalue weighted by Gasteiger charge is -2.34. The Bertz CT molecular complexity index is 1340. The van der Waals surface area contributed by atoms with Crippen molar-refractivity contribution in [1.29, 1.82) is 0 Å². The van der Waals surface area contributed by atoms with Crippen LogP contribution in [0.1, 0.15) is 11.3 Å². The molecule has 1 saturated heterocycles. The van der Waals surface area contributed by atoms with Crippen molar-refractivity contribution in [2.24, 2.45) is 5.14 Å². The molecule has 1 atom stereocenters. The number of primary sulfonamides is 1. The molecule has 5 aliphatic heterocycles. The van der Waals surface area contributed by atoms with E-state index in [0.29, 0.717) is 30.4 Å². The van der Waals surface area contributed by atoms with Crippen molar-refractivity contribution in [1.82, 2.24) is 30.1 Å². The van der Waals surface area contributed by atoms with Gasteiger partial charge in [-0.1, -0.05) is 12.1 Å². The van der Waals surface area contributed by atoms with E-state index < -0.39 is 15.4 Å². The summed E-state index contributed by atoms with van der Waals surface area (Å²) in [5.41, 5.74) is 3.96. The Kier molecular flexibility index (Phi) is 6.92. The molecule has 1 amide bonds. The van der Waals surface area contributed by atoms with Crippen molar-refractivity contribution in [2.75, 3.05) is 38.0 Å². The molecule has 1 aromatic carbocycles. The zero-order chi connectivity index (χ0) is 25.1. The maximum absolute atomic E-state index is 12.7. The Balaban J connectivity index is 1.46. The zero-order valence-electron chi connectivity index (χ0n) is 19.7. The molecule has 5 aliphatic rings. The van der Waals surface area contributed by atoms with Gasteiger partial charge in [0.15, 0.2) is 5.37 Å². The average molecular weight is 509 g/mol. The first-order chi connectivity index (χ1) is 17.3. The number of nitrogens with two attached hydrogens (primary N) is 1. The van der Waals surface area contributed by atoms with E-state index in [9.17, 15) is 13.2 Å². The number of rotatable bonds is 1. The molecule has 12 heteroatoms. The van der Waals surface area contributed by atoms with Gasteiger partial charge in [-0.05, 0) is 35.9 Å². The van der Waals surface area contributed by atoms with Gasteiger partial charge >= 0.3 is 0 Å². The molecule has 0 spiro atoms. The van der Waals surface area contributed by atoms with Crippen molar-refractivity contribution >= 4 is 27.6 Å². The van der Waals surface area contributed by atoms with Gasteiger partial charge in [0.1, 0.15) is 0 Å². The molecular formula is C24H28N8O3S. The van der Waals surface area contributed by atoms with E-state index in [2.05, 4.69) is 42.6 Å². The number of nitrogens with zero attached hydrogens (tertiary/aromatic N) is 5. The number of amides is 1. The molecule has 8 rings (SSSR count). The van der Waals surface area contributed by atoms with Crippen LogP contribution < -0.4 is 15.8 Å². The van der Waals surface area contributed by atoms with E-state index >= 15 is 0 Å². The van der Waals surface area contributed by atoms with Crippen LogP contribution >= 0.6 is 0 Å². The molecule has 1 fully saturated rings. The lowest BCUT2D eigenvalue weighted by molar-refractivity contribution is -0.122. The predicted octanol–water partition coefficient (Wildman–Crippen LogP) is 0.687. The summed E-state index contributed by atoms with van der Waals surface area (Å²) in [6, 6.07) is 13.4. The van der Waals surface area contributed by atoms with Gasteiger partial charge in [0.25, 0.3) is 0 Å². The Hall–Kier alpha value is -3.45. The Morgan fingerprint density at radius 2 is 1.75 bits per heavy atom. The fourth-order valence-electron chi connectivity index (χ4n) is 4.38. The summed E-state index contributed by atoms with van der Waals surface area (Å²) < 4.78 is 24.4. The third-order valence-electron chi connectivity index (χ3n) is 6.31. The van der Waals surface area contributed by atoms with Gasteiger partial charge in [0, 0.05) is 68.5 Å². The van der Waals surface area contributed by atoms with Crippen LogP contribution in [0.25, 0.3) is 11.3 Å². The van der Waals surface area contributed by atoms with Crippen LogP contribution in [0, 0.1) is 0 Å². The molecule has 188 valence electrons. The minimum atomic E-state index is -4.03. The number of benzene rings is 1. The van der Waals surface area contributed by atoms with E-state index in [-0.39, 0.29) is 18.9 Å². The molecule has 0 aliphatic carbocycles. The molecular weight excluding hydrogens is 480 g/mol. The number of piperazine rings is 1. The lowest BCUT2D eigenvalue weighted by Crippen LogP contribution is -2.52. The molecule has 2 aromatic heterocycles. The Labute approximate surface area is 209 Å². The van der Waals surface area contributed by atoms with Crippen molar-refractivity contribution in [3.05, 3.63) is 66.1 Å². The highest BCUT2D eigenvalue weighted by Gasteiger charge is 2.26. The number of carbonyl (C=O) groups is 1. The van der Waals surface area contributed by atoms with Crippen LogP contribution in [0.2, 0.25) is 0 Å². The number of hydrogen-bond donors (Lipinski definition) is 3. The highest BCUT2D eigenvalue weighted by molar-refractivity contribution is 7.89. The van der Waals surface area contributed by atoms with Gasteiger partial charge in [0.2, 0.25) is 21.9 Å².